The number of hydrogen-bond acceptors (Lipinski definition) is 3. The van der Waals surface area contributed by atoms with Gasteiger partial charge >= 0.3 is 0 Å². The van der Waals surface area contributed by atoms with Crippen LogP contribution in [-0.2, 0) is 16.0 Å². The molecule has 3 rings (SSSR count). The van der Waals surface area contributed by atoms with E-state index >= 15 is 0 Å². The van der Waals surface area contributed by atoms with Gasteiger partial charge in [0.15, 0.2) is 0 Å². The minimum absolute atomic E-state index is 0.108. The average molecular weight is 246 g/mol. The maximum Gasteiger partial charge on any atom is 0.245 e. The summed E-state index contributed by atoms with van der Waals surface area (Å²) in [6, 6.07) is 8.20. The molecule has 0 aliphatic carbocycles. The molecule has 0 saturated carbocycles. The molecule has 18 heavy (non-hydrogen) atoms. The number of nitrogens with one attached hydrogen (secondary N) is 1. The zero-order valence-corrected chi connectivity index (χ0v) is 10.6. The third-order valence-corrected chi connectivity index (χ3v) is 3.72. The first kappa shape index (κ1) is 11.5. The van der Waals surface area contributed by atoms with Gasteiger partial charge in [0.2, 0.25) is 5.91 Å². The summed E-state index contributed by atoms with van der Waals surface area (Å²) >= 11 is 0. The standard InChI is InChI=1S/C14H18N2O2/c1-10-9-18-7-6-16(10)14(17)13-8-11-4-2-3-5-12(11)15-13/h2-5,10,13,15H,6-9H2,1H3/t10-,13?/m1/s1. The van der Waals surface area contributed by atoms with E-state index in [1.54, 1.807) is 0 Å². The number of hydrogen-bond donors (Lipinski definition) is 1. The highest BCUT2D eigenvalue weighted by atomic mass is 16.5. The van der Waals surface area contributed by atoms with Gasteiger partial charge in [-0.15, -0.1) is 0 Å². The van der Waals surface area contributed by atoms with E-state index < -0.39 is 0 Å². The Morgan fingerprint density at radius 3 is 3.06 bits per heavy atom. The first-order chi connectivity index (χ1) is 8.75. The number of carbonyl (C=O) groups is 1. The van der Waals surface area contributed by atoms with Crippen molar-refractivity contribution >= 4 is 11.6 Å². The van der Waals surface area contributed by atoms with E-state index in [1.165, 1.54) is 5.56 Å². The second kappa shape index (κ2) is 4.61. The highest BCUT2D eigenvalue weighted by Gasteiger charge is 2.33. The summed E-state index contributed by atoms with van der Waals surface area (Å²) in [6.07, 6.45) is 0.791. The summed E-state index contributed by atoms with van der Waals surface area (Å²) in [5.41, 5.74) is 2.33. The SMILES string of the molecule is C[C@@H]1COCCN1C(=O)C1Cc2ccccc2N1. The van der Waals surface area contributed by atoms with Crippen molar-refractivity contribution in [1.82, 2.24) is 4.90 Å². The fourth-order valence-corrected chi connectivity index (χ4v) is 2.70. The Morgan fingerprint density at radius 2 is 2.28 bits per heavy atom. The lowest BCUT2D eigenvalue weighted by molar-refractivity contribution is -0.139. The molecule has 2 aliphatic rings. The van der Waals surface area contributed by atoms with E-state index in [2.05, 4.69) is 11.4 Å². The number of amides is 1. The molecule has 1 N–H and O–H groups in total. The van der Waals surface area contributed by atoms with Gasteiger partial charge in [-0.1, -0.05) is 18.2 Å². The van der Waals surface area contributed by atoms with Crippen LogP contribution in [0.2, 0.25) is 0 Å². The topological polar surface area (TPSA) is 41.6 Å². The van der Waals surface area contributed by atoms with Crippen LogP contribution in [0, 0.1) is 0 Å². The van der Waals surface area contributed by atoms with Crippen LogP contribution in [0.5, 0.6) is 0 Å². The van der Waals surface area contributed by atoms with E-state index in [0.717, 1.165) is 12.1 Å². The number of benzene rings is 1. The Hall–Kier alpha value is -1.55. The molecule has 2 heterocycles. The normalized spacial score (nSPS) is 26.6. The molecule has 1 amide bonds. The third-order valence-electron chi connectivity index (χ3n) is 3.72. The Morgan fingerprint density at radius 1 is 1.44 bits per heavy atom. The van der Waals surface area contributed by atoms with Gasteiger partial charge in [0.05, 0.1) is 19.3 Å². The summed E-state index contributed by atoms with van der Waals surface area (Å²) in [5, 5.41) is 3.32. The summed E-state index contributed by atoms with van der Waals surface area (Å²) < 4.78 is 5.37. The van der Waals surface area contributed by atoms with Gasteiger partial charge in [-0.25, -0.2) is 0 Å². The average Bonchev–Trinajstić information content (AvgIpc) is 2.82. The summed E-state index contributed by atoms with van der Waals surface area (Å²) in [4.78, 5) is 14.4. The van der Waals surface area contributed by atoms with E-state index in [4.69, 9.17) is 4.74 Å². The van der Waals surface area contributed by atoms with Crippen LogP contribution in [0.25, 0.3) is 0 Å². The molecule has 1 aromatic rings. The molecule has 2 aliphatic heterocycles. The number of fused-ring (bicyclic) bond motifs is 1. The van der Waals surface area contributed by atoms with Crippen LogP contribution in [0.15, 0.2) is 24.3 Å². The zero-order chi connectivity index (χ0) is 12.5. The van der Waals surface area contributed by atoms with Gasteiger partial charge in [0.25, 0.3) is 0 Å². The van der Waals surface area contributed by atoms with Gasteiger partial charge < -0.3 is 15.0 Å². The number of para-hydroxylation sites is 1. The van der Waals surface area contributed by atoms with Crippen molar-refractivity contribution in [3.63, 3.8) is 0 Å². The van der Waals surface area contributed by atoms with Crippen LogP contribution in [0.1, 0.15) is 12.5 Å². The van der Waals surface area contributed by atoms with E-state index in [1.807, 2.05) is 30.0 Å². The molecule has 1 aromatic carbocycles. The molecule has 4 nitrogen and oxygen atoms in total. The highest BCUT2D eigenvalue weighted by Crippen LogP contribution is 2.26. The predicted octanol–water partition coefficient (Wildman–Crippen LogP) is 1.27. The van der Waals surface area contributed by atoms with Gasteiger partial charge in [0, 0.05) is 18.7 Å². The minimum Gasteiger partial charge on any atom is -0.377 e. The fraction of sp³-hybridized carbons (Fsp3) is 0.500. The van der Waals surface area contributed by atoms with E-state index in [-0.39, 0.29) is 18.0 Å². The lowest BCUT2D eigenvalue weighted by atomic mass is 10.1. The maximum atomic E-state index is 12.5. The molecule has 1 fully saturated rings. The predicted molar refractivity (Wildman–Crippen MR) is 69.6 cm³/mol. The summed E-state index contributed by atoms with van der Waals surface area (Å²) in [5.74, 6) is 0.196. The smallest absolute Gasteiger partial charge is 0.245 e. The molecular weight excluding hydrogens is 228 g/mol. The molecule has 2 atom stereocenters. The van der Waals surface area contributed by atoms with Crippen molar-refractivity contribution in [2.45, 2.75) is 25.4 Å². The zero-order valence-electron chi connectivity index (χ0n) is 10.6. The Kier molecular flexibility index (Phi) is 2.96. The quantitative estimate of drug-likeness (QED) is 0.811. The van der Waals surface area contributed by atoms with E-state index in [0.29, 0.717) is 19.8 Å². The van der Waals surface area contributed by atoms with Crippen LogP contribution in [0.4, 0.5) is 5.69 Å². The summed E-state index contributed by atoms with van der Waals surface area (Å²) in [7, 11) is 0. The molecule has 1 saturated heterocycles. The number of carbonyl (C=O) groups excluding carboxylic acids is 1. The second-order valence-corrected chi connectivity index (χ2v) is 5.01. The first-order valence-corrected chi connectivity index (χ1v) is 6.48. The lowest BCUT2D eigenvalue weighted by Gasteiger charge is -2.35. The molecule has 0 radical (unpaired) electrons. The van der Waals surface area contributed by atoms with Crippen LogP contribution >= 0.6 is 0 Å². The van der Waals surface area contributed by atoms with Gasteiger partial charge in [0.1, 0.15) is 6.04 Å². The first-order valence-electron chi connectivity index (χ1n) is 6.48. The van der Waals surface area contributed by atoms with Crippen molar-refractivity contribution < 1.29 is 9.53 Å². The van der Waals surface area contributed by atoms with E-state index in [9.17, 15) is 4.79 Å². The minimum atomic E-state index is -0.108. The van der Waals surface area contributed by atoms with Gasteiger partial charge in [-0.2, -0.15) is 0 Å². The fourth-order valence-electron chi connectivity index (χ4n) is 2.70. The highest BCUT2D eigenvalue weighted by molar-refractivity contribution is 5.87. The molecular formula is C14H18N2O2. The third kappa shape index (κ3) is 1.97. The molecule has 96 valence electrons. The monoisotopic (exact) mass is 246 g/mol. The van der Waals surface area contributed by atoms with Gasteiger partial charge in [-0.3, -0.25) is 4.79 Å². The van der Waals surface area contributed by atoms with Crippen molar-refractivity contribution in [3.05, 3.63) is 29.8 Å². The van der Waals surface area contributed by atoms with Crippen molar-refractivity contribution in [1.29, 1.82) is 0 Å². The largest absolute Gasteiger partial charge is 0.377 e. The lowest BCUT2D eigenvalue weighted by Crippen LogP contribution is -2.52. The molecule has 4 heteroatoms. The Bertz CT molecular complexity index is 436. The van der Waals surface area contributed by atoms with Crippen LogP contribution < -0.4 is 5.32 Å². The van der Waals surface area contributed by atoms with Crippen molar-refractivity contribution in [3.8, 4) is 0 Å². The summed E-state index contributed by atoms with van der Waals surface area (Å²) in [6.45, 7) is 4.04. The maximum absolute atomic E-state index is 12.5. The molecule has 0 bridgehead atoms. The van der Waals surface area contributed by atoms with Crippen LogP contribution in [0.3, 0.4) is 0 Å². The number of rotatable bonds is 1. The Balaban J connectivity index is 1.72. The molecule has 1 unspecified atom stereocenters. The van der Waals surface area contributed by atoms with Gasteiger partial charge in [-0.05, 0) is 18.6 Å². The second-order valence-electron chi connectivity index (χ2n) is 5.01. The molecule has 0 aromatic heterocycles. The number of ether oxygens (including phenoxy) is 1. The molecule has 0 spiro atoms. The van der Waals surface area contributed by atoms with Crippen molar-refractivity contribution in [2.24, 2.45) is 0 Å². The Labute approximate surface area is 107 Å². The number of anilines is 1. The van der Waals surface area contributed by atoms with Crippen molar-refractivity contribution in [2.75, 3.05) is 25.1 Å². The van der Waals surface area contributed by atoms with Crippen LogP contribution in [-0.4, -0.2) is 42.6 Å². The number of morpholine rings is 1. The number of nitrogens with zero attached hydrogens (tertiary/aromatic N) is 1.